The zero-order valence-corrected chi connectivity index (χ0v) is 10.9. The Labute approximate surface area is 115 Å². The van der Waals surface area contributed by atoms with Crippen molar-refractivity contribution in [3.8, 4) is 11.6 Å². The largest absolute Gasteiger partial charge is 0.465 e. The molecule has 0 amide bonds. The second-order valence-corrected chi connectivity index (χ2v) is 4.22. The van der Waals surface area contributed by atoms with E-state index in [0.29, 0.717) is 18.2 Å². The van der Waals surface area contributed by atoms with E-state index in [1.54, 1.807) is 6.92 Å². The Morgan fingerprint density at radius 1 is 1.40 bits per heavy atom. The summed E-state index contributed by atoms with van der Waals surface area (Å²) >= 11 is 0. The molecule has 20 heavy (non-hydrogen) atoms. The number of para-hydroxylation sites is 1. The minimum atomic E-state index is -0.297. The summed E-state index contributed by atoms with van der Waals surface area (Å²) in [7, 11) is 0. The van der Waals surface area contributed by atoms with Crippen molar-refractivity contribution in [1.82, 2.24) is 14.8 Å². The maximum absolute atomic E-state index is 11.8. The van der Waals surface area contributed by atoms with Crippen LogP contribution in [0.4, 0.5) is 0 Å². The Morgan fingerprint density at radius 3 is 3.00 bits per heavy atom. The summed E-state index contributed by atoms with van der Waals surface area (Å²) in [6.07, 6.45) is 1.27. The lowest BCUT2D eigenvalue weighted by Gasteiger charge is -2.07. The molecule has 0 aliphatic rings. The summed E-state index contributed by atoms with van der Waals surface area (Å²) in [4.78, 5) is 11.8. The number of carbonyl (C=O) groups is 1. The molecule has 0 spiro atoms. The number of fused-ring (bicyclic) bond motifs is 1. The molecule has 6 nitrogen and oxygen atoms in total. The van der Waals surface area contributed by atoms with Crippen LogP contribution in [0.3, 0.4) is 0 Å². The van der Waals surface area contributed by atoms with Crippen LogP contribution in [0, 0.1) is 0 Å². The molecule has 6 heteroatoms. The third kappa shape index (κ3) is 2.16. The molecular weight excluding hydrogens is 258 g/mol. The SMILES string of the molecule is CCOC(=O)Cn1c(-c2nnco2)cc2ccccc21. The molecule has 0 bridgehead atoms. The van der Waals surface area contributed by atoms with E-state index in [0.717, 1.165) is 10.9 Å². The van der Waals surface area contributed by atoms with Gasteiger partial charge in [-0.1, -0.05) is 18.2 Å². The number of hydrogen-bond donors (Lipinski definition) is 0. The Morgan fingerprint density at radius 2 is 2.25 bits per heavy atom. The van der Waals surface area contributed by atoms with Gasteiger partial charge in [0, 0.05) is 10.9 Å². The van der Waals surface area contributed by atoms with E-state index >= 15 is 0 Å². The fraction of sp³-hybridized carbons (Fsp3) is 0.214. The molecule has 0 aliphatic carbocycles. The van der Waals surface area contributed by atoms with Crippen LogP contribution in [-0.4, -0.2) is 27.3 Å². The molecule has 0 saturated heterocycles. The van der Waals surface area contributed by atoms with E-state index in [1.807, 2.05) is 34.9 Å². The van der Waals surface area contributed by atoms with E-state index < -0.39 is 0 Å². The van der Waals surface area contributed by atoms with Gasteiger partial charge in [-0.25, -0.2) is 0 Å². The zero-order chi connectivity index (χ0) is 13.9. The normalized spacial score (nSPS) is 10.8. The molecule has 0 atom stereocenters. The Hall–Kier alpha value is -2.63. The van der Waals surface area contributed by atoms with Gasteiger partial charge in [-0.2, -0.15) is 0 Å². The fourth-order valence-corrected chi connectivity index (χ4v) is 2.18. The average molecular weight is 271 g/mol. The van der Waals surface area contributed by atoms with E-state index in [4.69, 9.17) is 9.15 Å². The van der Waals surface area contributed by atoms with E-state index in [2.05, 4.69) is 10.2 Å². The number of nitrogens with zero attached hydrogens (tertiary/aromatic N) is 3. The summed E-state index contributed by atoms with van der Waals surface area (Å²) in [5.41, 5.74) is 1.63. The number of carbonyl (C=O) groups excluding carboxylic acids is 1. The standard InChI is InChI=1S/C14H13N3O3/c1-2-19-13(18)8-17-11-6-4-3-5-10(11)7-12(17)14-16-15-9-20-14/h3-7,9H,2,8H2,1H3. The summed E-state index contributed by atoms with van der Waals surface area (Å²) in [6.45, 7) is 2.25. The summed E-state index contributed by atoms with van der Waals surface area (Å²) in [6, 6.07) is 9.68. The van der Waals surface area contributed by atoms with Crippen molar-refractivity contribution in [2.24, 2.45) is 0 Å². The van der Waals surface area contributed by atoms with E-state index in [1.165, 1.54) is 6.39 Å². The maximum Gasteiger partial charge on any atom is 0.325 e. The quantitative estimate of drug-likeness (QED) is 0.681. The number of ether oxygens (including phenoxy) is 1. The zero-order valence-electron chi connectivity index (χ0n) is 10.9. The molecule has 0 aliphatic heterocycles. The molecule has 3 aromatic rings. The van der Waals surface area contributed by atoms with Gasteiger partial charge in [-0.05, 0) is 19.1 Å². The summed E-state index contributed by atoms with van der Waals surface area (Å²) < 4.78 is 12.1. The van der Waals surface area contributed by atoms with E-state index in [9.17, 15) is 4.79 Å². The Balaban J connectivity index is 2.11. The highest BCUT2D eigenvalue weighted by atomic mass is 16.5. The van der Waals surface area contributed by atoms with Gasteiger partial charge in [-0.3, -0.25) is 4.79 Å². The molecule has 0 radical (unpaired) electrons. The van der Waals surface area contributed by atoms with Crippen molar-refractivity contribution in [2.45, 2.75) is 13.5 Å². The topological polar surface area (TPSA) is 70.2 Å². The lowest BCUT2D eigenvalue weighted by atomic mass is 10.2. The van der Waals surface area contributed by atoms with Crippen molar-refractivity contribution >= 4 is 16.9 Å². The second-order valence-electron chi connectivity index (χ2n) is 4.22. The van der Waals surface area contributed by atoms with Gasteiger partial charge in [0.15, 0.2) is 0 Å². The number of hydrogen-bond acceptors (Lipinski definition) is 5. The minimum Gasteiger partial charge on any atom is -0.465 e. The molecule has 2 aromatic heterocycles. The van der Waals surface area contributed by atoms with Crippen LogP contribution in [0.5, 0.6) is 0 Å². The van der Waals surface area contributed by atoms with Crippen LogP contribution >= 0.6 is 0 Å². The summed E-state index contributed by atoms with van der Waals surface area (Å²) in [5, 5.41) is 8.59. The van der Waals surface area contributed by atoms with E-state index in [-0.39, 0.29) is 12.5 Å². The average Bonchev–Trinajstić information content (AvgIpc) is 3.07. The van der Waals surface area contributed by atoms with Crippen LogP contribution in [-0.2, 0) is 16.1 Å². The minimum absolute atomic E-state index is 0.110. The van der Waals surface area contributed by atoms with Gasteiger partial charge in [0.1, 0.15) is 12.2 Å². The van der Waals surface area contributed by atoms with Gasteiger partial charge in [0.05, 0.1) is 6.61 Å². The molecule has 0 saturated carbocycles. The van der Waals surface area contributed by atoms with Crippen molar-refractivity contribution < 1.29 is 13.9 Å². The molecular formula is C14H13N3O3. The highest BCUT2D eigenvalue weighted by molar-refractivity contribution is 5.87. The van der Waals surface area contributed by atoms with Crippen molar-refractivity contribution in [2.75, 3.05) is 6.61 Å². The number of esters is 1. The predicted octanol–water partition coefficient (Wildman–Crippen LogP) is 2.25. The van der Waals surface area contributed by atoms with Gasteiger partial charge in [-0.15, -0.1) is 10.2 Å². The Kier molecular flexibility index (Phi) is 3.20. The van der Waals surface area contributed by atoms with Gasteiger partial charge in [0.2, 0.25) is 6.39 Å². The smallest absolute Gasteiger partial charge is 0.325 e. The van der Waals surface area contributed by atoms with Crippen LogP contribution in [0.25, 0.3) is 22.5 Å². The maximum atomic E-state index is 11.8. The number of benzene rings is 1. The lowest BCUT2D eigenvalue weighted by molar-refractivity contribution is -0.143. The number of aromatic nitrogens is 3. The third-order valence-electron chi connectivity index (χ3n) is 2.98. The molecule has 102 valence electrons. The van der Waals surface area contributed by atoms with Crippen molar-refractivity contribution in [1.29, 1.82) is 0 Å². The highest BCUT2D eigenvalue weighted by Gasteiger charge is 2.16. The van der Waals surface area contributed by atoms with Crippen molar-refractivity contribution in [3.63, 3.8) is 0 Å². The third-order valence-corrected chi connectivity index (χ3v) is 2.98. The van der Waals surface area contributed by atoms with Gasteiger partial charge in [0.25, 0.3) is 5.89 Å². The fourth-order valence-electron chi connectivity index (χ4n) is 2.18. The highest BCUT2D eigenvalue weighted by Crippen LogP contribution is 2.26. The van der Waals surface area contributed by atoms with Crippen LogP contribution in [0.15, 0.2) is 41.1 Å². The molecule has 0 unspecified atom stereocenters. The summed E-state index contributed by atoms with van der Waals surface area (Å²) in [5.74, 6) is 0.0834. The lowest BCUT2D eigenvalue weighted by Crippen LogP contribution is -2.14. The van der Waals surface area contributed by atoms with Gasteiger partial charge < -0.3 is 13.7 Å². The monoisotopic (exact) mass is 271 g/mol. The number of rotatable bonds is 4. The van der Waals surface area contributed by atoms with Crippen LogP contribution < -0.4 is 0 Å². The molecule has 3 rings (SSSR count). The second kappa shape index (κ2) is 5.16. The molecule has 1 aromatic carbocycles. The van der Waals surface area contributed by atoms with Crippen molar-refractivity contribution in [3.05, 3.63) is 36.7 Å². The first-order valence-corrected chi connectivity index (χ1v) is 6.30. The van der Waals surface area contributed by atoms with Gasteiger partial charge >= 0.3 is 5.97 Å². The van der Waals surface area contributed by atoms with Crippen LogP contribution in [0.1, 0.15) is 6.92 Å². The van der Waals surface area contributed by atoms with Crippen LogP contribution in [0.2, 0.25) is 0 Å². The first-order chi connectivity index (χ1) is 9.79. The first-order valence-electron chi connectivity index (χ1n) is 6.30. The Bertz CT molecular complexity index is 731. The molecule has 0 fully saturated rings. The molecule has 0 N–H and O–H groups in total. The first kappa shape index (κ1) is 12.4. The molecule has 2 heterocycles. The predicted molar refractivity (Wildman–Crippen MR) is 71.9 cm³/mol.